The maximum Gasteiger partial charge on any atom is 0.0950 e. The highest BCUT2D eigenvalue weighted by Gasteiger charge is 2.26. The predicted octanol–water partition coefficient (Wildman–Crippen LogP) is -0.355. The standard InChI is InChI=1S/C6H12NO2/c1-4-6(8)5(7)2-3-9-4/h3-6,8H,2,7H2,1H3. The van der Waals surface area contributed by atoms with Crippen LogP contribution in [0.2, 0.25) is 0 Å². The lowest BCUT2D eigenvalue weighted by Gasteiger charge is -2.29. The summed E-state index contributed by atoms with van der Waals surface area (Å²) in [6.45, 7) is 3.46. The van der Waals surface area contributed by atoms with Crippen LogP contribution in [-0.4, -0.2) is 23.4 Å². The summed E-state index contributed by atoms with van der Waals surface area (Å²) in [5, 5.41) is 9.18. The second-order valence-corrected chi connectivity index (χ2v) is 2.40. The molecule has 0 amide bonds. The summed E-state index contributed by atoms with van der Waals surface area (Å²) in [7, 11) is 0. The van der Waals surface area contributed by atoms with Crippen molar-refractivity contribution in [2.75, 3.05) is 0 Å². The zero-order valence-electron chi connectivity index (χ0n) is 5.45. The summed E-state index contributed by atoms with van der Waals surface area (Å²) < 4.78 is 5.01. The molecule has 1 aliphatic rings. The van der Waals surface area contributed by atoms with Gasteiger partial charge in [0, 0.05) is 6.04 Å². The van der Waals surface area contributed by atoms with Crippen LogP contribution in [-0.2, 0) is 4.74 Å². The number of nitrogens with two attached hydrogens (primary N) is 1. The maximum atomic E-state index is 9.18. The number of aliphatic hydroxyl groups is 1. The molecule has 53 valence electrons. The minimum absolute atomic E-state index is 0.145. The molecule has 9 heavy (non-hydrogen) atoms. The lowest BCUT2D eigenvalue weighted by molar-refractivity contribution is -0.0441. The maximum absolute atomic E-state index is 9.18. The third-order valence-electron chi connectivity index (χ3n) is 1.60. The molecule has 3 N–H and O–H groups in total. The van der Waals surface area contributed by atoms with E-state index in [9.17, 15) is 5.11 Å². The Kier molecular flexibility index (Phi) is 2.05. The fourth-order valence-corrected chi connectivity index (χ4v) is 0.886. The topological polar surface area (TPSA) is 55.5 Å². The Balaban J connectivity index is 2.41. The van der Waals surface area contributed by atoms with E-state index in [1.165, 1.54) is 0 Å². The fraction of sp³-hybridized carbons (Fsp3) is 0.833. The molecule has 1 aliphatic heterocycles. The zero-order valence-corrected chi connectivity index (χ0v) is 5.45. The predicted molar refractivity (Wildman–Crippen MR) is 33.4 cm³/mol. The Morgan fingerprint density at radius 3 is 2.89 bits per heavy atom. The van der Waals surface area contributed by atoms with Gasteiger partial charge in [0.05, 0.1) is 18.8 Å². The lowest BCUT2D eigenvalue weighted by Crippen LogP contribution is -2.46. The van der Waals surface area contributed by atoms with E-state index < -0.39 is 6.10 Å². The van der Waals surface area contributed by atoms with E-state index in [4.69, 9.17) is 10.5 Å². The molecule has 0 aromatic carbocycles. The van der Waals surface area contributed by atoms with Crippen LogP contribution in [0.15, 0.2) is 0 Å². The average Bonchev–Trinajstić information content (AvgIpc) is 1.83. The van der Waals surface area contributed by atoms with Gasteiger partial charge in [0.1, 0.15) is 0 Å². The normalized spacial score (nSPS) is 45.0. The molecule has 3 atom stereocenters. The molecule has 3 nitrogen and oxygen atoms in total. The molecular formula is C6H12NO2. The van der Waals surface area contributed by atoms with Crippen LogP contribution in [0, 0.1) is 6.61 Å². The molecule has 1 fully saturated rings. The van der Waals surface area contributed by atoms with E-state index in [1.807, 2.05) is 0 Å². The first-order valence-electron chi connectivity index (χ1n) is 3.12. The van der Waals surface area contributed by atoms with Crippen LogP contribution in [0.1, 0.15) is 13.3 Å². The second kappa shape index (κ2) is 2.64. The van der Waals surface area contributed by atoms with Crippen molar-refractivity contribution in [2.45, 2.75) is 31.6 Å². The van der Waals surface area contributed by atoms with Gasteiger partial charge >= 0.3 is 0 Å². The van der Waals surface area contributed by atoms with E-state index in [1.54, 1.807) is 13.5 Å². The second-order valence-electron chi connectivity index (χ2n) is 2.40. The molecule has 0 spiro atoms. The number of hydrogen-bond donors (Lipinski definition) is 2. The van der Waals surface area contributed by atoms with Crippen molar-refractivity contribution in [1.29, 1.82) is 0 Å². The Morgan fingerprint density at radius 2 is 2.44 bits per heavy atom. The van der Waals surface area contributed by atoms with Crippen molar-refractivity contribution in [3.8, 4) is 0 Å². The third-order valence-corrected chi connectivity index (χ3v) is 1.60. The average molecular weight is 130 g/mol. The largest absolute Gasteiger partial charge is 0.389 e. The zero-order chi connectivity index (χ0) is 6.85. The lowest BCUT2D eigenvalue weighted by atomic mass is 10.0. The summed E-state index contributed by atoms with van der Waals surface area (Å²) >= 11 is 0. The Bertz CT molecular complexity index is 87.1. The molecule has 3 unspecified atom stereocenters. The Morgan fingerprint density at radius 1 is 1.78 bits per heavy atom. The molecular weight excluding hydrogens is 118 g/mol. The molecule has 0 saturated carbocycles. The van der Waals surface area contributed by atoms with Crippen molar-refractivity contribution in [1.82, 2.24) is 0 Å². The van der Waals surface area contributed by atoms with E-state index in [-0.39, 0.29) is 12.1 Å². The van der Waals surface area contributed by atoms with Crippen LogP contribution in [0.5, 0.6) is 0 Å². The molecule has 1 rings (SSSR count). The number of ether oxygens (including phenoxy) is 1. The highest BCUT2D eigenvalue weighted by molar-refractivity contribution is 4.84. The van der Waals surface area contributed by atoms with E-state index >= 15 is 0 Å². The Hall–Kier alpha value is -0.120. The minimum Gasteiger partial charge on any atom is -0.389 e. The third kappa shape index (κ3) is 1.41. The van der Waals surface area contributed by atoms with Crippen molar-refractivity contribution in [3.05, 3.63) is 6.61 Å². The van der Waals surface area contributed by atoms with Crippen LogP contribution in [0.4, 0.5) is 0 Å². The molecule has 1 saturated heterocycles. The van der Waals surface area contributed by atoms with Gasteiger partial charge in [-0.25, -0.2) is 0 Å². The summed E-state index contributed by atoms with van der Waals surface area (Å²) in [4.78, 5) is 0. The quantitative estimate of drug-likeness (QED) is 0.471. The molecule has 1 heterocycles. The molecule has 0 aliphatic carbocycles. The summed E-state index contributed by atoms with van der Waals surface area (Å²) in [5.41, 5.74) is 5.51. The van der Waals surface area contributed by atoms with Crippen LogP contribution in [0.25, 0.3) is 0 Å². The SMILES string of the molecule is CC1O[CH]CC(N)C1O. The van der Waals surface area contributed by atoms with Crippen molar-refractivity contribution < 1.29 is 9.84 Å². The van der Waals surface area contributed by atoms with Crippen LogP contribution < -0.4 is 5.73 Å². The van der Waals surface area contributed by atoms with Gasteiger partial charge in [0.25, 0.3) is 0 Å². The summed E-state index contributed by atoms with van der Waals surface area (Å²) in [6, 6.07) is -0.145. The number of hydrogen-bond acceptors (Lipinski definition) is 3. The van der Waals surface area contributed by atoms with Crippen molar-refractivity contribution in [2.24, 2.45) is 5.73 Å². The monoisotopic (exact) mass is 130 g/mol. The molecule has 0 aromatic heterocycles. The van der Waals surface area contributed by atoms with Crippen molar-refractivity contribution in [3.63, 3.8) is 0 Å². The van der Waals surface area contributed by atoms with Gasteiger partial charge in [-0.2, -0.15) is 0 Å². The molecule has 3 heteroatoms. The van der Waals surface area contributed by atoms with Gasteiger partial charge in [-0.15, -0.1) is 0 Å². The Labute approximate surface area is 54.8 Å². The van der Waals surface area contributed by atoms with E-state index in [0.717, 1.165) is 0 Å². The van der Waals surface area contributed by atoms with Gasteiger partial charge in [-0.1, -0.05) is 0 Å². The first kappa shape index (κ1) is 6.99. The van der Waals surface area contributed by atoms with Gasteiger partial charge in [-0.3, -0.25) is 0 Å². The van der Waals surface area contributed by atoms with Crippen LogP contribution >= 0.6 is 0 Å². The van der Waals surface area contributed by atoms with Gasteiger partial charge < -0.3 is 15.6 Å². The van der Waals surface area contributed by atoms with Crippen LogP contribution in [0.3, 0.4) is 0 Å². The summed E-state index contributed by atoms with van der Waals surface area (Å²) in [6.07, 6.45) is -0.00495. The highest BCUT2D eigenvalue weighted by Crippen LogP contribution is 2.14. The fourth-order valence-electron chi connectivity index (χ4n) is 0.886. The molecule has 0 aromatic rings. The van der Waals surface area contributed by atoms with Gasteiger partial charge in [0.15, 0.2) is 0 Å². The number of aliphatic hydroxyl groups excluding tert-OH is 1. The first-order valence-corrected chi connectivity index (χ1v) is 3.12. The minimum atomic E-state index is -0.505. The first-order chi connectivity index (χ1) is 4.22. The highest BCUT2D eigenvalue weighted by atomic mass is 16.5. The van der Waals surface area contributed by atoms with Gasteiger partial charge in [0.2, 0.25) is 0 Å². The van der Waals surface area contributed by atoms with E-state index in [2.05, 4.69) is 0 Å². The van der Waals surface area contributed by atoms with Gasteiger partial charge in [-0.05, 0) is 13.3 Å². The molecule has 0 bridgehead atoms. The molecule has 1 radical (unpaired) electrons. The number of rotatable bonds is 0. The van der Waals surface area contributed by atoms with Crippen molar-refractivity contribution >= 4 is 0 Å². The van der Waals surface area contributed by atoms with E-state index in [0.29, 0.717) is 6.42 Å². The summed E-state index contributed by atoms with van der Waals surface area (Å²) in [5.74, 6) is 0. The smallest absolute Gasteiger partial charge is 0.0950 e.